The van der Waals surface area contributed by atoms with Crippen molar-refractivity contribution in [3.05, 3.63) is 41.0 Å². The van der Waals surface area contributed by atoms with Gasteiger partial charge in [-0.2, -0.15) is 18.4 Å². The van der Waals surface area contributed by atoms with Gasteiger partial charge in [0.1, 0.15) is 11.6 Å². The van der Waals surface area contributed by atoms with Crippen LogP contribution in [0.5, 0.6) is 0 Å². The van der Waals surface area contributed by atoms with E-state index in [-0.39, 0.29) is 11.1 Å². The van der Waals surface area contributed by atoms with Crippen LogP contribution in [-0.2, 0) is 11.0 Å². The lowest BCUT2D eigenvalue weighted by atomic mass is 10.0. The van der Waals surface area contributed by atoms with Gasteiger partial charge in [0.15, 0.2) is 0 Å². The Bertz CT molecular complexity index is 571. The highest BCUT2D eigenvalue weighted by Crippen LogP contribution is 2.32. The number of rotatable bonds is 5. The van der Waals surface area contributed by atoms with Gasteiger partial charge in [0, 0.05) is 6.54 Å². The predicted molar refractivity (Wildman–Crippen MR) is 73.0 cm³/mol. The maximum atomic E-state index is 12.8. The summed E-state index contributed by atoms with van der Waals surface area (Å²) in [5, 5.41) is 11.4. The minimum absolute atomic E-state index is 0.202. The van der Waals surface area contributed by atoms with E-state index in [0.717, 1.165) is 25.0 Å². The molecular weight excluding hydrogens is 281 g/mol. The number of carbonyl (C=O) groups is 1. The average Bonchev–Trinajstić information content (AvgIpc) is 2.44. The third-order valence-corrected chi connectivity index (χ3v) is 2.75. The topological polar surface area (TPSA) is 52.9 Å². The van der Waals surface area contributed by atoms with Crippen LogP contribution in [0.4, 0.5) is 13.2 Å². The first-order valence-electron chi connectivity index (χ1n) is 6.46. The predicted octanol–water partition coefficient (Wildman–Crippen LogP) is 3.53. The Kier molecular flexibility index (Phi) is 5.97. The molecule has 0 heterocycles. The fourth-order valence-corrected chi connectivity index (χ4v) is 1.66. The van der Waals surface area contributed by atoms with Gasteiger partial charge >= 0.3 is 6.18 Å². The lowest BCUT2D eigenvalue weighted by molar-refractivity contribution is -0.137. The number of carbonyl (C=O) groups excluding carboxylic acids is 1. The van der Waals surface area contributed by atoms with E-state index in [9.17, 15) is 18.0 Å². The van der Waals surface area contributed by atoms with Crippen LogP contribution in [0.3, 0.4) is 0 Å². The van der Waals surface area contributed by atoms with Gasteiger partial charge in [-0.3, -0.25) is 4.79 Å². The number of nitrogens with zero attached hydrogens (tertiary/aromatic N) is 1. The van der Waals surface area contributed by atoms with Gasteiger partial charge in [0.25, 0.3) is 5.91 Å². The van der Waals surface area contributed by atoms with E-state index in [1.165, 1.54) is 18.2 Å². The van der Waals surface area contributed by atoms with Crippen LogP contribution in [0.25, 0.3) is 6.08 Å². The van der Waals surface area contributed by atoms with Crippen LogP contribution in [0.2, 0.25) is 0 Å². The van der Waals surface area contributed by atoms with E-state index in [1.807, 2.05) is 6.92 Å². The van der Waals surface area contributed by atoms with Crippen LogP contribution < -0.4 is 5.32 Å². The first-order chi connectivity index (χ1) is 9.90. The maximum Gasteiger partial charge on any atom is 0.416 e. The van der Waals surface area contributed by atoms with Crippen molar-refractivity contribution < 1.29 is 18.0 Å². The molecule has 0 unspecified atom stereocenters. The average molecular weight is 296 g/mol. The lowest BCUT2D eigenvalue weighted by Crippen LogP contribution is -2.25. The van der Waals surface area contributed by atoms with E-state index in [4.69, 9.17) is 5.26 Å². The van der Waals surface area contributed by atoms with Crippen LogP contribution in [0.1, 0.15) is 30.9 Å². The summed E-state index contributed by atoms with van der Waals surface area (Å²) in [5.74, 6) is -0.664. The first kappa shape index (κ1) is 16.8. The van der Waals surface area contributed by atoms with E-state index in [0.29, 0.717) is 6.54 Å². The Labute approximate surface area is 121 Å². The lowest BCUT2D eigenvalue weighted by Gasteiger charge is -2.10. The molecule has 21 heavy (non-hydrogen) atoms. The van der Waals surface area contributed by atoms with E-state index in [1.54, 1.807) is 6.07 Å². The molecule has 1 rings (SSSR count). The highest BCUT2D eigenvalue weighted by Gasteiger charge is 2.32. The second kappa shape index (κ2) is 7.48. The zero-order chi connectivity index (χ0) is 15.9. The number of hydrogen-bond donors (Lipinski definition) is 1. The SMILES string of the molecule is CCCCNC(=O)/C(C#N)=C\c1ccccc1C(F)(F)F. The smallest absolute Gasteiger partial charge is 0.351 e. The van der Waals surface area contributed by atoms with Gasteiger partial charge in [-0.1, -0.05) is 31.5 Å². The van der Waals surface area contributed by atoms with Gasteiger partial charge in [-0.15, -0.1) is 0 Å². The molecule has 0 atom stereocenters. The number of unbranched alkanes of at least 4 members (excludes halogenated alkanes) is 1. The van der Waals surface area contributed by atoms with Crippen molar-refractivity contribution >= 4 is 12.0 Å². The molecule has 0 fully saturated rings. The fourth-order valence-electron chi connectivity index (χ4n) is 1.66. The number of nitrogens with one attached hydrogen (secondary N) is 1. The molecular formula is C15H15F3N2O. The van der Waals surface area contributed by atoms with Gasteiger partial charge in [0.2, 0.25) is 0 Å². The van der Waals surface area contributed by atoms with Crippen molar-refractivity contribution in [2.75, 3.05) is 6.54 Å². The second-order valence-corrected chi connectivity index (χ2v) is 4.36. The number of alkyl halides is 3. The van der Waals surface area contributed by atoms with Gasteiger partial charge in [-0.05, 0) is 24.1 Å². The summed E-state index contributed by atoms with van der Waals surface area (Å²) >= 11 is 0. The molecule has 1 aromatic carbocycles. The number of benzene rings is 1. The molecule has 0 aliphatic carbocycles. The summed E-state index contributed by atoms with van der Waals surface area (Å²) in [6.07, 6.45) is -1.97. The Morgan fingerprint density at radius 3 is 2.62 bits per heavy atom. The molecule has 0 aliphatic heterocycles. The third-order valence-electron chi connectivity index (χ3n) is 2.75. The van der Waals surface area contributed by atoms with Crippen LogP contribution >= 0.6 is 0 Å². The Morgan fingerprint density at radius 1 is 1.38 bits per heavy atom. The molecule has 1 N–H and O–H groups in total. The molecule has 0 aliphatic rings. The molecule has 1 aromatic rings. The molecule has 0 aromatic heterocycles. The van der Waals surface area contributed by atoms with Crippen molar-refractivity contribution in [1.82, 2.24) is 5.32 Å². The quantitative estimate of drug-likeness (QED) is 0.513. The Balaban J connectivity index is 3.05. The minimum atomic E-state index is -4.54. The maximum absolute atomic E-state index is 12.8. The molecule has 1 amide bonds. The van der Waals surface area contributed by atoms with E-state index < -0.39 is 17.6 Å². The molecule has 0 bridgehead atoms. The highest BCUT2D eigenvalue weighted by molar-refractivity contribution is 6.01. The monoisotopic (exact) mass is 296 g/mol. The molecule has 0 saturated heterocycles. The molecule has 6 heteroatoms. The summed E-state index contributed by atoms with van der Waals surface area (Å²) in [7, 11) is 0. The van der Waals surface area contributed by atoms with E-state index >= 15 is 0 Å². The fraction of sp³-hybridized carbons (Fsp3) is 0.333. The van der Waals surface area contributed by atoms with Gasteiger partial charge in [-0.25, -0.2) is 0 Å². The summed E-state index contributed by atoms with van der Waals surface area (Å²) in [5.41, 5.74) is -1.42. The van der Waals surface area contributed by atoms with Crippen molar-refractivity contribution in [3.8, 4) is 6.07 Å². The summed E-state index contributed by atoms with van der Waals surface area (Å²) < 4.78 is 38.5. The second-order valence-electron chi connectivity index (χ2n) is 4.36. The standard InChI is InChI=1S/C15H15F3N2O/c1-2-3-8-20-14(21)12(10-19)9-11-6-4-5-7-13(11)15(16,17)18/h4-7,9H,2-3,8H2,1H3,(H,20,21)/b12-9-. The van der Waals surface area contributed by atoms with E-state index in [2.05, 4.69) is 5.32 Å². The Hall–Kier alpha value is -2.29. The number of halogens is 3. The van der Waals surface area contributed by atoms with Crippen LogP contribution in [-0.4, -0.2) is 12.5 Å². The molecule has 3 nitrogen and oxygen atoms in total. The van der Waals surface area contributed by atoms with Crippen LogP contribution in [0.15, 0.2) is 29.8 Å². The zero-order valence-corrected chi connectivity index (χ0v) is 11.5. The van der Waals surface area contributed by atoms with Gasteiger partial charge < -0.3 is 5.32 Å². The molecule has 0 spiro atoms. The molecule has 0 radical (unpaired) electrons. The largest absolute Gasteiger partial charge is 0.416 e. The summed E-state index contributed by atoms with van der Waals surface area (Å²) in [6.45, 7) is 2.32. The van der Waals surface area contributed by atoms with Crippen molar-refractivity contribution in [3.63, 3.8) is 0 Å². The number of amides is 1. The number of hydrogen-bond acceptors (Lipinski definition) is 2. The summed E-state index contributed by atoms with van der Waals surface area (Å²) in [6, 6.07) is 6.45. The zero-order valence-electron chi connectivity index (χ0n) is 11.5. The normalized spacial score (nSPS) is 11.9. The first-order valence-corrected chi connectivity index (χ1v) is 6.46. The minimum Gasteiger partial charge on any atom is -0.351 e. The highest BCUT2D eigenvalue weighted by atomic mass is 19.4. The third kappa shape index (κ3) is 4.95. The van der Waals surface area contributed by atoms with Crippen molar-refractivity contribution in [2.45, 2.75) is 25.9 Å². The number of nitriles is 1. The van der Waals surface area contributed by atoms with Crippen molar-refractivity contribution in [2.24, 2.45) is 0 Å². The van der Waals surface area contributed by atoms with Crippen LogP contribution in [0, 0.1) is 11.3 Å². The van der Waals surface area contributed by atoms with Crippen molar-refractivity contribution in [1.29, 1.82) is 5.26 Å². The summed E-state index contributed by atoms with van der Waals surface area (Å²) in [4.78, 5) is 11.7. The molecule has 0 saturated carbocycles. The Morgan fingerprint density at radius 2 is 2.05 bits per heavy atom. The van der Waals surface area contributed by atoms with Gasteiger partial charge in [0.05, 0.1) is 5.56 Å². The molecule has 112 valence electrons.